The van der Waals surface area contributed by atoms with Crippen molar-refractivity contribution >= 4 is 33.3 Å². The van der Waals surface area contributed by atoms with Crippen molar-refractivity contribution in [2.75, 3.05) is 44.4 Å². The van der Waals surface area contributed by atoms with E-state index in [4.69, 9.17) is 9.47 Å². The van der Waals surface area contributed by atoms with E-state index in [1.165, 1.54) is 12.1 Å². The lowest BCUT2D eigenvalue weighted by Gasteiger charge is -2.32. The zero-order chi connectivity index (χ0) is 29.9. The van der Waals surface area contributed by atoms with Gasteiger partial charge in [0.25, 0.3) is 0 Å². The van der Waals surface area contributed by atoms with Gasteiger partial charge in [-0.2, -0.15) is 0 Å². The number of hydrogen-bond acceptors (Lipinski definition) is 9. The molecule has 41 heavy (non-hydrogen) atoms. The van der Waals surface area contributed by atoms with E-state index in [-0.39, 0.29) is 29.5 Å². The third-order valence-electron chi connectivity index (χ3n) is 6.89. The minimum absolute atomic E-state index is 0.0202. The van der Waals surface area contributed by atoms with Gasteiger partial charge in [-0.05, 0) is 62.6 Å². The highest BCUT2D eigenvalue weighted by Crippen LogP contribution is 2.30. The number of ether oxygens (including phenoxy) is 2. The molecule has 0 spiro atoms. The van der Waals surface area contributed by atoms with Gasteiger partial charge < -0.3 is 24.8 Å². The van der Waals surface area contributed by atoms with Crippen molar-refractivity contribution in [2.24, 2.45) is 0 Å². The Kier molecular flexibility index (Phi) is 9.05. The average Bonchev–Trinajstić information content (AvgIpc) is 3.28. The molecule has 1 saturated heterocycles. The van der Waals surface area contributed by atoms with E-state index < -0.39 is 45.2 Å². The third kappa shape index (κ3) is 8.05. The summed E-state index contributed by atoms with van der Waals surface area (Å²) in [6.45, 7) is 6.72. The van der Waals surface area contributed by atoms with E-state index in [1.807, 2.05) is 6.07 Å². The van der Waals surface area contributed by atoms with Gasteiger partial charge in [0.1, 0.15) is 17.1 Å². The number of aliphatic hydroxyl groups excluding tert-OH is 1. The first-order valence-corrected chi connectivity index (χ1v) is 15.1. The predicted molar refractivity (Wildman–Crippen MR) is 151 cm³/mol. The van der Waals surface area contributed by atoms with Gasteiger partial charge in [0, 0.05) is 26.7 Å². The lowest BCUT2D eigenvalue weighted by molar-refractivity contribution is -0.157. The number of likely N-dealkylation sites (tertiary alicyclic amines) is 1. The fourth-order valence-corrected chi connectivity index (χ4v) is 6.26. The Balaban J connectivity index is 1.52. The van der Waals surface area contributed by atoms with Crippen LogP contribution >= 0.6 is 0 Å². The molecule has 0 bridgehead atoms. The van der Waals surface area contributed by atoms with Gasteiger partial charge in [-0.25, -0.2) is 13.2 Å². The highest BCUT2D eigenvalue weighted by Gasteiger charge is 2.31. The predicted octanol–water partition coefficient (Wildman–Crippen LogP) is 1.94. The van der Waals surface area contributed by atoms with Crippen molar-refractivity contribution in [2.45, 2.75) is 56.3 Å². The van der Waals surface area contributed by atoms with Crippen molar-refractivity contribution < 1.29 is 37.4 Å². The fourth-order valence-electron chi connectivity index (χ4n) is 4.96. The highest BCUT2D eigenvalue weighted by atomic mass is 32.2. The van der Waals surface area contributed by atoms with Crippen molar-refractivity contribution in [3.63, 3.8) is 0 Å². The number of sulfone groups is 1. The lowest BCUT2D eigenvalue weighted by Crippen LogP contribution is -2.39. The van der Waals surface area contributed by atoms with Crippen LogP contribution in [0.3, 0.4) is 0 Å². The van der Waals surface area contributed by atoms with Gasteiger partial charge >= 0.3 is 5.97 Å². The van der Waals surface area contributed by atoms with Gasteiger partial charge in [-0.15, -0.1) is 0 Å². The number of esters is 1. The van der Waals surface area contributed by atoms with Crippen LogP contribution in [0.1, 0.15) is 44.4 Å². The van der Waals surface area contributed by atoms with Crippen LogP contribution in [0.2, 0.25) is 0 Å². The number of aliphatic hydroxyl groups is 1. The van der Waals surface area contributed by atoms with Crippen LogP contribution in [0, 0.1) is 0 Å². The van der Waals surface area contributed by atoms with Crippen LogP contribution in [0.15, 0.2) is 47.4 Å². The van der Waals surface area contributed by atoms with E-state index in [9.17, 15) is 27.9 Å². The number of nitrogens with one attached hydrogen (secondary N) is 1. The fraction of sp³-hybridized carbons (Fsp3) is 0.483. The number of hydrogen-bond donors (Lipinski definition) is 2. The zero-order valence-electron chi connectivity index (χ0n) is 23.8. The molecule has 222 valence electrons. The maximum absolute atomic E-state index is 13.5. The number of benzene rings is 2. The van der Waals surface area contributed by atoms with Crippen LogP contribution in [-0.2, 0) is 35.4 Å². The van der Waals surface area contributed by atoms with Crippen molar-refractivity contribution in [1.29, 1.82) is 0 Å². The number of rotatable bonds is 9. The number of carbonyl (C=O) groups excluding carboxylic acids is 3. The van der Waals surface area contributed by atoms with Crippen LogP contribution in [0.25, 0.3) is 0 Å². The van der Waals surface area contributed by atoms with E-state index in [0.717, 1.165) is 5.56 Å². The Bertz CT molecular complexity index is 1420. The first-order valence-electron chi connectivity index (χ1n) is 13.5. The molecular formula is C29H37N3O8S. The second-order valence-electron chi connectivity index (χ2n) is 11.5. The summed E-state index contributed by atoms with van der Waals surface area (Å²) in [5.74, 6) is -1.48. The molecule has 2 N–H and O–H groups in total. The summed E-state index contributed by atoms with van der Waals surface area (Å²) in [6.07, 6.45) is 0.197. The quantitative estimate of drug-likeness (QED) is 0.421. The molecule has 2 amide bonds. The monoisotopic (exact) mass is 587 g/mol. The summed E-state index contributed by atoms with van der Waals surface area (Å²) in [4.78, 5) is 41.3. The molecule has 0 aromatic heterocycles. The number of likely N-dealkylation sites (N-methyl/N-ethyl adjacent to an activating group) is 1. The minimum Gasteiger partial charge on any atom is -0.482 e. The summed E-state index contributed by atoms with van der Waals surface area (Å²) < 4.78 is 35.7. The van der Waals surface area contributed by atoms with Gasteiger partial charge in [-0.3, -0.25) is 14.5 Å². The van der Waals surface area contributed by atoms with Crippen LogP contribution in [0.5, 0.6) is 5.75 Å². The largest absolute Gasteiger partial charge is 0.482 e. The Morgan fingerprint density at radius 3 is 2.63 bits per heavy atom. The molecule has 0 radical (unpaired) electrons. The lowest BCUT2D eigenvalue weighted by atomic mass is 10.0. The van der Waals surface area contributed by atoms with E-state index in [2.05, 4.69) is 10.2 Å². The standard InChI is InChI=1S/C29H37N3O8S/c1-29(2,3)40-28(36)17-39-22-7-5-6-20(14-22)24(16-32-11-10-21(33)15-32)31(4)27(35)13-19-8-9-25-23(12-19)30-26(34)18-41(25,37)38/h5-9,12,14,21,24,33H,10-11,13,15-18H2,1-4H3,(H,30,34)/t21-,24-/m1/s1. The van der Waals surface area contributed by atoms with Gasteiger partial charge in [0.15, 0.2) is 16.4 Å². The Morgan fingerprint density at radius 2 is 1.95 bits per heavy atom. The molecule has 12 heteroatoms. The summed E-state index contributed by atoms with van der Waals surface area (Å²) in [5, 5.41) is 12.6. The Labute approximate surface area is 240 Å². The summed E-state index contributed by atoms with van der Waals surface area (Å²) in [5.41, 5.74) is 0.886. The normalized spacial score (nSPS) is 19.1. The molecule has 2 aliphatic heterocycles. The molecule has 2 aromatic carbocycles. The summed E-state index contributed by atoms with van der Waals surface area (Å²) in [6, 6.07) is 11.3. The van der Waals surface area contributed by atoms with Crippen LogP contribution < -0.4 is 10.1 Å². The number of fused-ring (bicyclic) bond motifs is 1. The molecule has 1 fully saturated rings. The summed E-state index contributed by atoms with van der Waals surface area (Å²) in [7, 11) is -2.03. The summed E-state index contributed by atoms with van der Waals surface area (Å²) >= 11 is 0. The average molecular weight is 588 g/mol. The zero-order valence-corrected chi connectivity index (χ0v) is 24.6. The molecule has 0 aliphatic carbocycles. The van der Waals surface area contributed by atoms with Crippen molar-refractivity contribution in [3.05, 3.63) is 53.6 Å². The Hall–Kier alpha value is -3.48. The third-order valence-corrected chi connectivity index (χ3v) is 8.56. The highest BCUT2D eigenvalue weighted by molar-refractivity contribution is 7.92. The molecule has 0 saturated carbocycles. The number of carbonyl (C=O) groups is 3. The molecule has 2 heterocycles. The number of amides is 2. The maximum Gasteiger partial charge on any atom is 0.344 e. The number of anilines is 1. The minimum atomic E-state index is -3.72. The van der Waals surface area contributed by atoms with Crippen LogP contribution in [0.4, 0.5) is 5.69 Å². The second-order valence-corrected chi connectivity index (χ2v) is 13.4. The first-order chi connectivity index (χ1) is 19.2. The Morgan fingerprint density at radius 1 is 1.20 bits per heavy atom. The molecular weight excluding hydrogens is 550 g/mol. The number of β-amino-alcohol motifs (C(OH)–C–C–N with tert-alkyl or cyclic N) is 1. The second kappa shape index (κ2) is 12.2. The first kappa shape index (κ1) is 30.5. The van der Waals surface area contributed by atoms with Crippen molar-refractivity contribution in [1.82, 2.24) is 9.80 Å². The van der Waals surface area contributed by atoms with Crippen LogP contribution in [-0.4, -0.2) is 91.9 Å². The van der Waals surface area contributed by atoms with Crippen molar-refractivity contribution in [3.8, 4) is 5.75 Å². The SMILES string of the molecule is CN(C(=O)Cc1ccc2c(c1)NC(=O)CS2(=O)=O)[C@H](CN1CC[C@@H](O)C1)c1cccc(OCC(=O)OC(C)(C)C)c1. The molecule has 0 unspecified atom stereocenters. The van der Waals surface area contributed by atoms with Gasteiger partial charge in [0.05, 0.1) is 29.1 Å². The van der Waals surface area contributed by atoms with E-state index in [1.54, 1.807) is 57.0 Å². The molecule has 2 aromatic rings. The topological polar surface area (TPSA) is 143 Å². The number of nitrogens with zero attached hydrogens (tertiary/aromatic N) is 2. The molecule has 2 aliphatic rings. The van der Waals surface area contributed by atoms with E-state index >= 15 is 0 Å². The molecule has 4 rings (SSSR count). The maximum atomic E-state index is 13.5. The van der Waals surface area contributed by atoms with E-state index in [0.29, 0.717) is 37.4 Å². The molecule has 2 atom stereocenters. The van der Waals surface area contributed by atoms with Gasteiger partial charge in [0.2, 0.25) is 11.8 Å². The molecule has 11 nitrogen and oxygen atoms in total. The van der Waals surface area contributed by atoms with Gasteiger partial charge in [-0.1, -0.05) is 18.2 Å². The smallest absolute Gasteiger partial charge is 0.344 e.